The van der Waals surface area contributed by atoms with E-state index in [1.165, 1.54) is 0 Å². The Morgan fingerprint density at radius 2 is 2.30 bits per heavy atom. The molecule has 1 saturated heterocycles. The fourth-order valence-electron chi connectivity index (χ4n) is 1.85. The number of amides is 2. The number of anilines is 1. The second-order valence-electron chi connectivity index (χ2n) is 4.31. The van der Waals surface area contributed by atoms with E-state index in [2.05, 4.69) is 26.7 Å². The lowest BCUT2D eigenvalue weighted by Crippen LogP contribution is -2.35. The van der Waals surface area contributed by atoms with Crippen LogP contribution in [0.15, 0.2) is 22.7 Å². The van der Waals surface area contributed by atoms with Crippen LogP contribution in [0, 0.1) is 0 Å². The van der Waals surface area contributed by atoms with Crippen LogP contribution in [0.2, 0.25) is 0 Å². The summed E-state index contributed by atoms with van der Waals surface area (Å²) in [6.45, 7) is 0.660. The van der Waals surface area contributed by atoms with Gasteiger partial charge in [-0.2, -0.15) is 0 Å². The summed E-state index contributed by atoms with van der Waals surface area (Å²) in [7, 11) is 1.54. The van der Waals surface area contributed by atoms with Crippen LogP contribution < -0.4 is 15.5 Å². The lowest BCUT2D eigenvalue weighted by molar-refractivity contribution is -0.185. The fraction of sp³-hybridized carbons (Fsp3) is 0.462. The van der Waals surface area contributed by atoms with Crippen molar-refractivity contribution in [1.82, 2.24) is 5.48 Å². The molecule has 2 rings (SSSR count). The van der Waals surface area contributed by atoms with Crippen LogP contribution in [0.5, 0.6) is 5.75 Å². The van der Waals surface area contributed by atoms with Crippen molar-refractivity contribution in [1.29, 1.82) is 0 Å². The molecule has 0 spiro atoms. The summed E-state index contributed by atoms with van der Waals surface area (Å²) in [6.07, 6.45) is 2.47. The van der Waals surface area contributed by atoms with E-state index < -0.39 is 6.03 Å². The van der Waals surface area contributed by atoms with Gasteiger partial charge in [-0.25, -0.2) is 15.1 Å². The van der Waals surface area contributed by atoms with E-state index in [9.17, 15) is 4.79 Å². The smallest absolute Gasteiger partial charge is 0.343 e. The predicted octanol–water partition coefficient (Wildman–Crippen LogP) is 3.04. The molecule has 0 aromatic heterocycles. The van der Waals surface area contributed by atoms with E-state index in [4.69, 9.17) is 14.3 Å². The van der Waals surface area contributed by atoms with Crippen molar-refractivity contribution < 1.29 is 19.1 Å². The van der Waals surface area contributed by atoms with Gasteiger partial charge in [-0.05, 0) is 31.0 Å². The highest BCUT2D eigenvalue weighted by Gasteiger charge is 2.16. The molecule has 6 nitrogen and oxygen atoms in total. The Bertz CT molecular complexity index is 464. The molecule has 20 heavy (non-hydrogen) atoms. The molecule has 1 aliphatic rings. The van der Waals surface area contributed by atoms with Gasteiger partial charge in [0.1, 0.15) is 5.75 Å². The van der Waals surface area contributed by atoms with Gasteiger partial charge in [-0.1, -0.05) is 15.9 Å². The maximum absolute atomic E-state index is 11.8. The lowest BCUT2D eigenvalue weighted by Gasteiger charge is -2.22. The second-order valence-corrected chi connectivity index (χ2v) is 5.23. The molecule has 0 radical (unpaired) electrons. The van der Waals surface area contributed by atoms with Crippen LogP contribution >= 0.6 is 15.9 Å². The topological polar surface area (TPSA) is 68.8 Å². The fourth-order valence-corrected chi connectivity index (χ4v) is 2.21. The Labute approximate surface area is 125 Å². The molecule has 7 heteroatoms. The molecule has 0 bridgehead atoms. The van der Waals surface area contributed by atoms with E-state index in [-0.39, 0.29) is 6.29 Å². The number of hydroxylamine groups is 1. The number of halogens is 1. The largest absolute Gasteiger partial charge is 0.495 e. The van der Waals surface area contributed by atoms with E-state index in [1.807, 2.05) is 6.07 Å². The third kappa shape index (κ3) is 4.36. The quantitative estimate of drug-likeness (QED) is 0.823. The molecule has 1 fully saturated rings. The molecule has 1 heterocycles. The number of hydrogen-bond donors (Lipinski definition) is 2. The highest BCUT2D eigenvalue weighted by atomic mass is 79.9. The number of methoxy groups -OCH3 is 1. The zero-order valence-electron chi connectivity index (χ0n) is 11.1. The van der Waals surface area contributed by atoms with Crippen molar-refractivity contribution in [3.8, 4) is 5.75 Å². The van der Waals surface area contributed by atoms with Crippen molar-refractivity contribution in [2.45, 2.75) is 25.6 Å². The molecule has 1 aliphatic heterocycles. The minimum atomic E-state index is -0.476. The molecular weight excluding hydrogens is 328 g/mol. The van der Waals surface area contributed by atoms with Gasteiger partial charge in [0.15, 0.2) is 6.29 Å². The number of benzene rings is 1. The maximum Gasteiger partial charge on any atom is 0.343 e. The zero-order valence-corrected chi connectivity index (χ0v) is 12.7. The van der Waals surface area contributed by atoms with Gasteiger partial charge in [-0.15, -0.1) is 0 Å². The average Bonchev–Trinajstić information content (AvgIpc) is 2.46. The predicted molar refractivity (Wildman–Crippen MR) is 77.5 cm³/mol. The summed E-state index contributed by atoms with van der Waals surface area (Å²) in [6, 6.07) is 4.85. The third-order valence-electron chi connectivity index (χ3n) is 2.83. The first-order valence-electron chi connectivity index (χ1n) is 6.37. The third-order valence-corrected chi connectivity index (χ3v) is 3.32. The first-order chi connectivity index (χ1) is 9.69. The summed E-state index contributed by atoms with van der Waals surface area (Å²) in [4.78, 5) is 16.9. The van der Waals surface area contributed by atoms with E-state index in [0.717, 1.165) is 23.7 Å². The number of carbonyl (C=O) groups is 1. The second kappa shape index (κ2) is 7.47. The summed E-state index contributed by atoms with van der Waals surface area (Å²) in [5.74, 6) is 0.567. The molecule has 1 atom stereocenters. The summed E-state index contributed by atoms with van der Waals surface area (Å²) in [5.41, 5.74) is 2.87. The van der Waals surface area contributed by atoms with Crippen molar-refractivity contribution in [3.05, 3.63) is 22.7 Å². The summed E-state index contributed by atoms with van der Waals surface area (Å²) >= 11 is 3.34. The number of carbonyl (C=O) groups excluding carboxylic acids is 1. The van der Waals surface area contributed by atoms with Crippen molar-refractivity contribution in [3.63, 3.8) is 0 Å². The average molecular weight is 345 g/mol. The highest BCUT2D eigenvalue weighted by molar-refractivity contribution is 9.10. The van der Waals surface area contributed by atoms with Gasteiger partial charge in [0.05, 0.1) is 12.8 Å². The van der Waals surface area contributed by atoms with Crippen LogP contribution in [-0.4, -0.2) is 26.0 Å². The van der Waals surface area contributed by atoms with E-state index in [1.54, 1.807) is 19.2 Å². The Balaban J connectivity index is 1.86. The van der Waals surface area contributed by atoms with Gasteiger partial charge in [-0.3, -0.25) is 0 Å². The van der Waals surface area contributed by atoms with Crippen molar-refractivity contribution in [2.24, 2.45) is 0 Å². The SMILES string of the molecule is COc1ccc(Br)cc1NC(=O)NO[C@H]1CCCCO1. The zero-order chi connectivity index (χ0) is 14.4. The molecule has 0 aliphatic carbocycles. The van der Waals surface area contributed by atoms with Crippen molar-refractivity contribution >= 4 is 27.6 Å². The summed E-state index contributed by atoms with van der Waals surface area (Å²) in [5, 5.41) is 2.66. The molecule has 0 saturated carbocycles. The Morgan fingerprint density at radius 1 is 1.45 bits per heavy atom. The van der Waals surface area contributed by atoms with Gasteiger partial charge >= 0.3 is 6.03 Å². The summed E-state index contributed by atoms with van der Waals surface area (Å²) < 4.78 is 11.4. The van der Waals surface area contributed by atoms with Crippen LogP contribution in [0.1, 0.15) is 19.3 Å². The number of ether oxygens (including phenoxy) is 2. The van der Waals surface area contributed by atoms with E-state index in [0.29, 0.717) is 18.0 Å². The number of hydrogen-bond acceptors (Lipinski definition) is 4. The normalized spacial score (nSPS) is 18.4. The molecule has 1 aromatic carbocycles. The number of nitrogens with one attached hydrogen (secondary N) is 2. The molecular formula is C13H17BrN2O4. The van der Waals surface area contributed by atoms with E-state index >= 15 is 0 Å². The molecule has 110 valence electrons. The van der Waals surface area contributed by atoms with Crippen LogP contribution in [0.4, 0.5) is 10.5 Å². The van der Waals surface area contributed by atoms with Crippen molar-refractivity contribution in [2.75, 3.05) is 19.0 Å². The molecule has 2 N–H and O–H groups in total. The van der Waals surface area contributed by atoms with Gasteiger partial charge in [0, 0.05) is 17.5 Å². The Hall–Kier alpha value is -1.31. The minimum absolute atomic E-state index is 0.376. The number of rotatable bonds is 4. The van der Waals surface area contributed by atoms with Crippen LogP contribution in [-0.2, 0) is 9.57 Å². The number of urea groups is 1. The van der Waals surface area contributed by atoms with Gasteiger partial charge in [0.25, 0.3) is 0 Å². The highest BCUT2D eigenvalue weighted by Crippen LogP contribution is 2.27. The monoisotopic (exact) mass is 344 g/mol. The lowest BCUT2D eigenvalue weighted by atomic mass is 10.2. The molecule has 1 aromatic rings. The van der Waals surface area contributed by atoms with Crippen LogP contribution in [0.3, 0.4) is 0 Å². The standard InChI is InChI=1S/C13H17BrN2O4/c1-18-11-6-5-9(14)8-10(11)15-13(17)16-20-12-4-2-3-7-19-12/h5-6,8,12H,2-4,7H2,1H3,(H2,15,16,17)/t12-/m0/s1. The maximum atomic E-state index is 11.8. The minimum Gasteiger partial charge on any atom is -0.495 e. The molecule has 2 amide bonds. The first-order valence-corrected chi connectivity index (χ1v) is 7.16. The van der Waals surface area contributed by atoms with Gasteiger partial charge in [0.2, 0.25) is 0 Å². The van der Waals surface area contributed by atoms with Gasteiger partial charge < -0.3 is 14.8 Å². The Morgan fingerprint density at radius 3 is 3.00 bits per heavy atom. The Kier molecular flexibility index (Phi) is 5.63. The van der Waals surface area contributed by atoms with Crippen LogP contribution in [0.25, 0.3) is 0 Å². The molecule has 0 unspecified atom stereocenters. The first kappa shape index (κ1) is 15.1.